The van der Waals surface area contributed by atoms with Crippen molar-refractivity contribution in [1.29, 1.82) is 0 Å². The maximum Gasteiger partial charge on any atom is 0.253 e. The highest BCUT2D eigenvalue weighted by Crippen LogP contribution is 2.23. The van der Waals surface area contributed by atoms with Crippen LogP contribution in [0.1, 0.15) is 15.9 Å². The lowest BCUT2D eigenvalue weighted by Gasteiger charge is -2.17. The van der Waals surface area contributed by atoms with Crippen molar-refractivity contribution in [2.75, 3.05) is 37.5 Å². The first-order valence-electron chi connectivity index (χ1n) is 6.17. The number of amides is 1. The number of carbonyl (C=O) groups excluding carboxylic acids is 1. The van der Waals surface area contributed by atoms with Crippen LogP contribution in [0.4, 0.5) is 5.69 Å². The highest BCUT2D eigenvalue weighted by Gasteiger charge is 2.17. The first-order chi connectivity index (χ1) is 8.87. The van der Waals surface area contributed by atoms with E-state index in [9.17, 15) is 13.2 Å². The molecule has 0 bridgehead atoms. The Morgan fingerprint density at radius 3 is 2.84 bits per heavy atom. The molecule has 0 atom stereocenters. The van der Waals surface area contributed by atoms with Gasteiger partial charge in [0.05, 0.1) is 5.75 Å². The quantitative estimate of drug-likeness (QED) is 0.886. The van der Waals surface area contributed by atoms with Gasteiger partial charge >= 0.3 is 0 Å². The lowest BCUT2D eigenvalue weighted by atomic mass is 10.1. The highest BCUT2D eigenvalue weighted by atomic mass is 32.2. The fourth-order valence-corrected chi connectivity index (χ4v) is 2.67. The summed E-state index contributed by atoms with van der Waals surface area (Å²) in [5, 5.41) is 3.24. The van der Waals surface area contributed by atoms with Crippen molar-refractivity contribution in [2.45, 2.75) is 6.42 Å². The van der Waals surface area contributed by atoms with Crippen LogP contribution < -0.4 is 5.32 Å². The predicted molar refractivity (Wildman–Crippen MR) is 75.3 cm³/mol. The fourth-order valence-electron chi connectivity index (χ4n) is 2.06. The summed E-state index contributed by atoms with van der Waals surface area (Å²) in [7, 11) is -1.42. The number of anilines is 1. The van der Waals surface area contributed by atoms with Crippen LogP contribution in [-0.2, 0) is 16.3 Å². The largest absolute Gasteiger partial charge is 0.384 e. The van der Waals surface area contributed by atoms with Gasteiger partial charge in [-0.25, -0.2) is 8.42 Å². The number of nitrogens with zero attached hydrogens (tertiary/aromatic N) is 1. The second-order valence-electron chi connectivity index (χ2n) is 4.91. The van der Waals surface area contributed by atoms with Gasteiger partial charge in [-0.15, -0.1) is 0 Å². The van der Waals surface area contributed by atoms with Crippen LogP contribution in [0, 0.1) is 0 Å². The van der Waals surface area contributed by atoms with Gasteiger partial charge in [0.15, 0.2) is 0 Å². The molecule has 1 aromatic rings. The van der Waals surface area contributed by atoms with E-state index in [0.717, 1.165) is 24.2 Å². The van der Waals surface area contributed by atoms with Crippen molar-refractivity contribution < 1.29 is 13.2 Å². The number of fused-ring (bicyclic) bond motifs is 1. The molecular formula is C13H18N2O3S. The summed E-state index contributed by atoms with van der Waals surface area (Å²) in [6, 6.07) is 5.56. The molecule has 5 nitrogen and oxygen atoms in total. The molecule has 104 valence electrons. The van der Waals surface area contributed by atoms with Crippen LogP contribution in [0.25, 0.3) is 0 Å². The molecule has 0 aromatic heterocycles. The topological polar surface area (TPSA) is 66.5 Å². The fraction of sp³-hybridized carbons (Fsp3) is 0.462. The van der Waals surface area contributed by atoms with Gasteiger partial charge in [-0.2, -0.15) is 0 Å². The van der Waals surface area contributed by atoms with Crippen LogP contribution in [-0.4, -0.2) is 51.4 Å². The Labute approximate surface area is 113 Å². The van der Waals surface area contributed by atoms with E-state index in [4.69, 9.17) is 0 Å². The lowest BCUT2D eigenvalue weighted by molar-refractivity contribution is 0.0803. The zero-order chi connectivity index (χ0) is 14.0. The molecule has 0 saturated carbocycles. The van der Waals surface area contributed by atoms with Crippen LogP contribution in [0.3, 0.4) is 0 Å². The van der Waals surface area contributed by atoms with Gasteiger partial charge in [0, 0.05) is 37.6 Å². The van der Waals surface area contributed by atoms with Crippen molar-refractivity contribution in [3.63, 3.8) is 0 Å². The van der Waals surface area contributed by atoms with E-state index in [2.05, 4.69) is 5.32 Å². The summed E-state index contributed by atoms with van der Waals surface area (Å²) < 4.78 is 22.2. The van der Waals surface area contributed by atoms with E-state index >= 15 is 0 Å². The van der Waals surface area contributed by atoms with E-state index in [0.29, 0.717) is 5.56 Å². The van der Waals surface area contributed by atoms with Gasteiger partial charge in [0.2, 0.25) is 0 Å². The number of benzene rings is 1. The smallest absolute Gasteiger partial charge is 0.253 e. The summed E-state index contributed by atoms with van der Waals surface area (Å²) in [6.45, 7) is 1.11. The number of nitrogens with one attached hydrogen (secondary N) is 1. The minimum absolute atomic E-state index is 0.0122. The monoisotopic (exact) mass is 282 g/mol. The van der Waals surface area contributed by atoms with E-state index < -0.39 is 9.84 Å². The SMILES string of the molecule is CN(CCS(C)(=O)=O)C(=O)c1ccc2c(c1)CCN2. The van der Waals surface area contributed by atoms with Crippen molar-refractivity contribution in [3.8, 4) is 0 Å². The molecule has 1 amide bonds. The first kappa shape index (κ1) is 13.9. The Kier molecular flexibility index (Phi) is 3.80. The molecule has 0 saturated heterocycles. The van der Waals surface area contributed by atoms with E-state index in [1.54, 1.807) is 13.1 Å². The van der Waals surface area contributed by atoms with Crippen LogP contribution >= 0.6 is 0 Å². The third-order valence-corrected chi connectivity index (χ3v) is 4.13. The predicted octanol–water partition coefficient (Wildman–Crippen LogP) is 0.771. The average Bonchev–Trinajstić information content (AvgIpc) is 2.81. The van der Waals surface area contributed by atoms with Gasteiger partial charge in [-0.05, 0) is 30.2 Å². The second-order valence-corrected chi connectivity index (χ2v) is 7.17. The molecule has 0 spiro atoms. The third kappa shape index (κ3) is 3.47. The Bertz CT molecular complexity index is 596. The molecule has 0 fully saturated rings. The first-order valence-corrected chi connectivity index (χ1v) is 8.23. The Morgan fingerprint density at radius 2 is 2.16 bits per heavy atom. The van der Waals surface area contributed by atoms with Gasteiger partial charge in [-0.3, -0.25) is 4.79 Å². The van der Waals surface area contributed by atoms with Gasteiger partial charge in [0.25, 0.3) is 5.91 Å². The van der Waals surface area contributed by atoms with E-state index in [-0.39, 0.29) is 18.2 Å². The minimum atomic E-state index is -3.05. The zero-order valence-electron chi connectivity index (χ0n) is 11.1. The molecule has 0 unspecified atom stereocenters. The molecule has 1 N–H and O–H groups in total. The van der Waals surface area contributed by atoms with Crippen LogP contribution in [0.15, 0.2) is 18.2 Å². The molecule has 0 aliphatic carbocycles. The number of hydrogen-bond donors (Lipinski definition) is 1. The zero-order valence-corrected chi connectivity index (χ0v) is 12.0. The van der Waals surface area contributed by atoms with Crippen molar-refractivity contribution in [1.82, 2.24) is 4.90 Å². The average molecular weight is 282 g/mol. The summed E-state index contributed by atoms with van der Waals surface area (Å²) in [5.74, 6) is -0.153. The molecule has 1 aliphatic rings. The van der Waals surface area contributed by atoms with Gasteiger partial charge in [-0.1, -0.05) is 0 Å². The molecule has 2 rings (SSSR count). The maximum atomic E-state index is 12.2. The van der Waals surface area contributed by atoms with Gasteiger partial charge < -0.3 is 10.2 Å². The summed E-state index contributed by atoms with van der Waals surface area (Å²) in [6.07, 6.45) is 2.09. The van der Waals surface area contributed by atoms with Crippen LogP contribution in [0.5, 0.6) is 0 Å². The molecular weight excluding hydrogens is 264 g/mol. The highest BCUT2D eigenvalue weighted by molar-refractivity contribution is 7.90. The summed E-state index contributed by atoms with van der Waals surface area (Å²) >= 11 is 0. The third-order valence-electron chi connectivity index (χ3n) is 3.21. The molecule has 1 heterocycles. The van der Waals surface area contributed by atoms with E-state index in [1.165, 1.54) is 11.2 Å². The number of carbonyl (C=O) groups is 1. The number of hydrogen-bond acceptors (Lipinski definition) is 4. The Hall–Kier alpha value is -1.56. The molecule has 1 aromatic carbocycles. The Morgan fingerprint density at radius 1 is 1.42 bits per heavy atom. The number of rotatable bonds is 4. The maximum absolute atomic E-state index is 12.2. The molecule has 0 radical (unpaired) electrons. The number of sulfone groups is 1. The normalized spacial score (nSPS) is 13.8. The van der Waals surface area contributed by atoms with Crippen molar-refractivity contribution in [2.24, 2.45) is 0 Å². The van der Waals surface area contributed by atoms with Crippen molar-refractivity contribution >= 4 is 21.4 Å². The molecule has 19 heavy (non-hydrogen) atoms. The van der Waals surface area contributed by atoms with Crippen LogP contribution in [0.2, 0.25) is 0 Å². The lowest BCUT2D eigenvalue weighted by Crippen LogP contribution is -2.31. The van der Waals surface area contributed by atoms with Crippen molar-refractivity contribution in [3.05, 3.63) is 29.3 Å². The molecule has 1 aliphatic heterocycles. The molecule has 6 heteroatoms. The summed E-state index contributed by atoms with van der Waals surface area (Å²) in [4.78, 5) is 13.6. The standard InChI is InChI=1S/C13H18N2O3S/c1-15(7-8-19(2,17)18)13(16)11-3-4-12-10(9-11)5-6-14-12/h3-4,9,14H,5-8H2,1-2H3. The Balaban J connectivity index is 2.07. The van der Waals surface area contributed by atoms with Gasteiger partial charge in [0.1, 0.15) is 9.84 Å². The minimum Gasteiger partial charge on any atom is -0.384 e. The second kappa shape index (κ2) is 5.21. The van der Waals surface area contributed by atoms with E-state index in [1.807, 2.05) is 12.1 Å². The summed E-state index contributed by atoms with van der Waals surface area (Å²) in [5.41, 5.74) is 2.83.